The number of benzene rings is 2. The molecular formula is C32H38ClF2N7O. The maximum atomic E-state index is 15.1. The molecule has 0 bridgehead atoms. The number of aryl methyl sites for hydroxylation is 1. The van der Waals surface area contributed by atoms with E-state index in [0.29, 0.717) is 66.0 Å². The summed E-state index contributed by atoms with van der Waals surface area (Å²) < 4.78 is 29.3. The zero-order valence-electron chi connectivity index (χ0n) is 24.2. The van der Waals surface area contributed by atoms with Crippen molar-refractivity contribution in [3.8, 4) is 16.9 Å². The number of hydrogen-bond donors (Lipinski definition) is 5. The average Bonchev–Trinajstić information content (AvgIpc) is 3.75. The topological polar surface area (TPSA) is 125 Å². The van der Waals surface area contributed by atoms with Crippen LogP contribution in [0.3, 0.4) is 0 Å². The molecule has 1 aliphatic rings. The Hall–Kier alpha value is -3.60. The Morgan fingerprint density at radius 1 is 1.21 bits per heavy atom. The van der Waals surface area contributed by atoms with Crippen molar-refractivity contribution in [1.82, 2.24) is 25.2 Å². The molecule has 8 nitrogen and oxygen atoms in total. The van der Waals surface area contributed by atoms with Gasteiger partial charge in [0.05, 0.1) is 22.2 Å². The van der Waals surface area contributed by atoms with Crippen molar-refractivity contribution >= 4 is 28.5 Å². The quantitative estimate of drug-likeness (QED) is 0.0935. The van der Waals surface area contributed by atoms with Gasteiger partial charge >= 0.3 is 5.69 Å². The van der Waals surface area contributed by atoms with E-state index in [1.165, 1.54) is 17.4 Å². The lowest BCUT2D eigenvalue weighted by atomic mass is 10.0. The van der Waals surface area contributed by atoms with Crippen LogP contribution >= 0.6 is 11.6 Å². The zero-order valence-corrected chi connectivity index (χ0v) is 25.0. The summed E-state index contributed by atoms with van der Waals surface area (Å²) in [6.07, 6.45) is 6.89. The second-order valence-electron chi connectivity index (χ2n) is 11.5. The summed E-state index contributed by atoms with van der Waals surface area (Å²) in [6, 6.07) is 12.7. The minimum atomic E-state index is -0.577. The number of aromatic nitrogens is 3. The van der Waals surface area contributed by atoms with Crippen molar-refractivity contribution in [3.05, 3.63) is 81.1 Å². The van der Waals surface area contributed by atoms with Crippen LogP contribution in [-0.2, 0) is 13.0 Å². The van der Waals surface area contributed by atoms with E-state index in [4.69, 9.17) is 22.7 Å². The molecule has 5 rings (SSSR count). The Bertz CT molecular complexity index is 1630. The first-order valence-corrected chi connectivity index (χ1v) is 15.1. The third-order valence-corrected chi connectivity index (χ3v) is 8.22. The fourth-order valence-electron chi connectivity index (χ4n) is 5.40. The van der Waals surface area contributed by atoms with Gasteiger partial charge in [-0.1, -0.05) is 23.7 Å². The van der Waals surface area contributed by atoms with E-state index in [9.17, 15) is 9.18 Å². The SMILES string of the molecule is CC(=N)NCC[C@@H](NCc1ccc(-n2cc3cc(-c4cc(CCC[C@@H](N)CF)cc(Cl)c4F)[nH]c3nc2=O)cc1)C1CC1. The molecule has 0 amide bonds. The van der Waals surface area contributed by atoms with Crippen molar-refractivity contribution in [1.29, 1.82) is 5.41 Å². The highest BCUT2D eigenvalue weighted by molar-refractivity contribution is 6.31. The molecule has 0 saturated heterocycles. The van der Waals surface area contributed by atoms with E-state index in [1.54, 1.807) is 31.3 Å². The van der Waals surface area contributed by atoms with Crippen molar-refractivity contribution in [3.63, 3.8) is 0 Å². The van der Waals surface area contributed by atoms with E-state index < -0.39 is 24.2 Å². The molecule has 1 aliphatic carbocycles. The van der Waals surface area contributed by atoms with Crippen LogP contribution in [-0.4, -0.2) is 45.7 Å². The number of halogens is 3. The first-order chi connectivity index (χ1) is 20.7. The smallest absolute Gasteiger partial charge is 0.354 e. The van der Waals surface area contributed by atoms with Crippen LogP contribution in [0, 0.1) is 17.1 Å². The van der Waals surface area contributed by atoms with Crippen molar-refractivity contribution in [2.75, 3.05) is 13.2 Å². The van der Waals surface area contributed by atoms with Gasteiger partial charge in [-0.05, 0) is 92.8 Å². The van der Waals surface area contributed by atoms with E-state index in [2.05, 4.69) is 20.6 Å². The molecule has 1 saturated carbocycles. The van der Waals surface area contributed by atoms with Crippen molar-refractivity contribution in [2.45, 2.75) is 64.1 Å². The molecule has 2 atom stereocenters. The highest BCUT2D eigenvalue weighted by atomic mass is 35.5. The summed E-state index contributed by atoms with van der Waals surface area (Å²) in [5.41, 5.74) is 8.91. The summed E-state index contributed by atoms with van der Waals surface area (Å²) in [7, 11) is 0. The third kappa shape index (κ3) is 7.87. The molecular weight excluding hydrogens is 572 g/mol. The van der Waals surface area contributed by atoms with Gasteiger partial charge in [-0.2, -0.15) is 4.98 Å². The fourth-order valence-corrected chi connectivity index (χ4v) is 5.64. The second-order valence-corrected chi connectivity index (χ2v) is 11.9. The molecule has 2 aromatic carbocycles. The highest BCUT2D eigenvalue weighted by Gasteiger charge is 2.30. The lowest BCUT2D eigenvalue weighted by Crippen LogP contribution is -2.34. The normalized spacial score (nSPS) is 14.6. The lowest BCUT2D eigenvalue weighted by molar-refractivity contribution is 0.407. The Morgan fingerprint density at radius 2 is 1.98 bits per heavy atom. The number of nitrogens with zero attached hydrogens (tertiary/aromatic N) is 2. The Labute approximate surface area is 254 Å². The van der Waals surface area contributed by atoms with Crippen LogP contribution in [0.5, 0.6) is 0 Å². The number of nitrogens with two attached hydrogens (primary N) is 1. The van der Waals surface area contributed by atoms with Gasteiger partial charge in [0.15, 0.2) is 5.82 Å². The Balaban J connectivity index is 1.30. The van der Waals surface area contributed by atoms with E-state index in [0.717, 1.165) is 24.1 Å². The molecule has 228 valence electrons. The van der Waals surface area contributed by atoms with Gasteiger partial charge in [-0.15, -0.1) is 0 Å². The Kier molecular flexibility index (Phi) is 9.90. The van der Waals surface area contributed by atoms with E-state index in [-0.39, 0.29) is 10.6 Å². The third-order valence-electron chi connectivity index (χ3n) is 7.94. The molecule has 0 radical (unpaired) electrons. The van der Waals surface area contributed by atoms with Gasteiger partial charge in [0.1, 0.15) is 12.3 Å². The summed E-state index contributed by atoms with van der Waals surface area (Å²) >= 11 is 6.21. The molecule has 0 unspecified atom stereocenters. The van der Waals surface area contributed by atoms with Crippen LogP contribution < -0.4 is 22.1 Å². The molecule has 6 N–H and O–H groups in total. The largest absolute Gasteiger partial charge is 0.374 e. The summed E-state index contributed by atoms with van der Waals surface area (Å²) in [5.74, 6) is 0.605. The Morgan fingerprint density at radius 3 is 2.67 bits per heavy atom. The van der Waals surface area contributed by atoms with E-state index in [1.807, 2.05) is 24.3 Å². The predicted molar refractivity (Wildman–Crippen MR) is 168 cm³/mol. The van der Waals surface area contributed by atoms with Gasteiger partial charge in [0.2, 0.25) is 0 Å². The van der Waals surface area contributed by atoms with Gasteiger partial charge < -0.3 is 21.4 Å². The summed E-state index contributed by atoms with van der Waals surface area (Å²) in [4.78, 5) is 20.2. The highest BCUT2D eigenvalue weighted by Crippen LogP contribution is 2.34. The molecule has 4 aromatic rings. The molecule has 0 aliphatic heterocycles. The second kappa shape index (κ2) is 13.8. The number of amidine groups is 1. The number of H-pyrrole nitrogens is 1. The number of hydrogen-bond acceptors (Lipinski definition) is 5. The maximum Gasteiger partial charge on any atom is 0.354 e. The minimum absolute atomic E-state index is 0.00959. The number of nitrogens with one attached hydrogen (secondary N) is 4. The van der Waals surface area contributed by atoms with Crippen LogP contribution in [0.25, 0.3) is 28.0 Å². The lowest BCUT2D eigenvalue weighted by Gasteiger charge is -2.19. The van der Waals surface area contributed by atoms with Crippen molar-refractivity contribution < 1.29 is 8.78 Å². The predicted octanol–water partition coefficient (Wildman–Crippen LogP) is 5.64. The first-order valence-electron chi connectivity index (χ1n) is 14.8. The van der Waals surface area contributed by atoms with Crippen molar-refractivity contribution in [2.24, 2.45) is 11.7 Å². The molecule has 2 aromatic heterocycles. The number of rotatable bonds is 14. The first kappa shape index (κ1) is 30.8. The van der Waals surface area contributed by atoms with Crippen LogP contribution in [0.4, 0.5) is 8.78 Å². The van der Waals surface area contributed by atoms with Crippen LogP contribution in [0.2, 0.25) is 5.02 Å². The average molecular weight is 610 g/mol. The number of alkyl halides is 1. The monoisotopic (exact) mass is 609 g/mol. The minimum Gasteiger partial charge on any atom is -0.374 e. The number of aromatic amines is 1. The van der Waals surface area contributed by atoms with Gasteiger partial charge in [0, 0.05) is 42.3 Å². The summed E-state index contributed by atoms with van der Waals surface area (Å²) in [5, 5.41) is 14.9. The molecule has 11 heteroatoms. The molecule has 1 fully saturated rings. The number of fused-ring (bicyclic) bond motifs is 1. The zero-order chi connectivity index (χ0) is 30.5. The van der Waals surface area contributed by atoms with Crippen LogP contribution in [0.15, 0.2) is 53.5 Å². The van der Waals surface area contributed by atoms with Gasteiger partial charge in [-0.25, -0.2) is 13.6 Å². The van der Waals surface area contributed by atoms with E-state index >= 15 is 4.39 Å². The standard InChI is InChI=1S/C32H38ClF2N7O/c1-19(36)38-12-11-28(22-7-8-22)39-17-20-5-9-25(10-6-20)42-18-23-15-29(40-31(23)41-32(42)43)26-13-21(14-27(33)30(26)35)3-2-4-24(37)16-34/h5-6,9-10,13-15,18,22,24,28,39H,2-4,7-8,11-12,16-17,37H2,1H3,(H2,36,38)(H,40,41,43)/t24-,28-/m1/s1. The van der Waals surface area contributed by atoms with Crippen LogP contribution in [0.1, 0.15) is 50.2 Å². The molecule has 2 heterocycles. The fraction of sp³-hybridized carbons (Fsp3) is 0.406. The van der Waals surface area contributed by atoms with Gasteiger partial charge in [0.25, 0.3) is 0 Å². The van der Waals surface area contributed by atoms with Gasteiger partial charge in [-0.3, -0.25) is 9.98 Å². The molecule has 43 heavy (non-hydrogen) atoms. The summed E-state index contributed by atoms with van der Waals surface area (Å²) in [6.45, 7) is 2.67. The maximum absolute atomic E-state index is 15.1. The molecule has 0 spiro atoms.